The van der Waals surface area contributed by atoms with Gasteiger partial charge in [0.2, 0.25) is 0 Å². The van der Waals surface area contributed by atoms with Crippen LogP contribution in [-0.4, -0.2) is 13.1 Å². The number of benzene rings is 2. The summed E-state index contributed by atoms with van der Waals surface area (Å²) in [6.45, 7) is 8.94. The monoisotopic (exact) mass is 533 g/mol. The van der Waals surface area contributed by atoms with E-state index in [1.165, 1.54) is 59.2 Å². The van der Waals surface area contributed by atoms with Crippen molar-refractivity contribution in [2.24, 2.45) is 14.1 Å². The van der Waals surface area contributed by atoms with Crippen molar-refractivity contribution in [3.05, 3.63) is 125 Å². The molecule has 0 N–H and O–H groups in total. The molecule has 0 fully saturated rings. The fraction of sp³-hybridized carbons (Fsp3) is 0.297. The first-order valence-electron chi connectivity index (χ1n) is 14.6. The van der Waals surface area contributed by atoms with Crippen molar-refractivity contribution in [2.45, 2.75) is 46.5 Å². The highest BCUT2D eigenvalue weighted by Crippen LogP contribution is 2.18. The molecule has 0 aliphatic carbocycles. The van der Waals surface area contributed by atoms with Crippen molar-refractivity contribution in [3.63, 3.8) is 0 Å². The molecule has 0 amide bonds. The number of anilines is 1. The first kappa shape index (κ1) is 30.6. The van der Waals surface area contributed by atoms with E-state index in [-0.39, 0.29) is 0 Å². The summed E-state index contributed by atoms with van der Waals surface area (Å²) in [6.07, 6.45) is 21.9. The predicted molar refractivity (Wildman–Crippen MR) is 173 cm³/mol. The maximum absolute atomic E-state index is 2.53. The van der Waals surface area contributed by atoms with Crippen LogP contribution < -0.4 is 14.0 Å². The second kappa shape index (κ2) is 16.9. The van der Waals surface area contributed by atoms with Crippen LogP contribution in [0.2, 0.25) is 0 Å². The molecule has 40 heavy (non-hydrogen) atoms. The molecule has 2 heterocycles. The lowest BCUT2D eigenvalue weighted by Gasteiger charge is -2.24. The van der Waals surface area contributed by atoms with Gasteiger partial charge in [-0.15, -0.1) is 0 Å². The Hall–Kier alpha value is -3.98. The molecule has 0 radical (unpaired) electrons. The van der Waals surface area contributed by atoms with Crippen molar-refractivity contribution in [1.29, 1.82) is 0 Å². The lowest BCUT2D eigenvalue weighted by Crippen LogP contribution is -2.25. The summed E-state index contributed by atoms with van der Waals surface area (Å²) in [5.41, 5.74) is 7.57. The second-order valence-electron chi connectivity index (χ2n) is 10.5. The van der Waals surface area contributed by atoms with Gasteiger partial charge in [0.15, 0.2) is 24.8 Å². The minimum absolute atomic E-state index is 1.16. The van der Waals surface area contributed by atoms with Gasteiger partial charge >= 0.3 is 0 Å². The van der Waals surface area contributed by atoms with Gasteiger partial charge in [-0.25, -0.2) is 9.13 Å². The minimum Gasteiger partial charge on any atom is -0.372 e. The number of rotatable bonds is 11. The Bertz CT molecular complexity index is 1240. The maximum Gasteiger partial charge on any atom is 0.169 e. The highest BCUT2D eigenvalue weighted by molar-refractivity contribution is 5.70. The van der Waals surface area contributed by atoms with E-state index in [1.54, 1.807) is 0 Å². The molecule has 0 saturated heterocycles. The average Bonchev–Trinajstić information content (AvgIpc) is 2.98. The molecule has 2 aromatic carbocycles. The van der Waals surface area contributed by atoms with Crippen LogP contribution >= 0.6 is 0 Å². The topological polar surface area (TPSA) is 11.0 Å². The lowest BCUT2D eigenvalue weighted by molar-refractivity contribution is -0.671. The Morgan fingerprint density at radius 2 is 0.875 bits per heavy atom. The molecule has 0 aliphatic rings. The van der Waals surface area contributed by atoms with E-state index >= 15 is 0 Å². The van der Waals surface area contributed by atoms with E-state index < -0.39 is 0 Å². The third-order valence-corrected chi connectivity index (χ3v) is 6.84. The first-order valence-corrected chi connectivity index (χ1v) is 14.6. The van der Waals surface area contributed by atoms with E-state index in [0.29, 0.717) is 0 Å². The Morgan fingerprint density at radius 1 is 0.525 bits per heavy atom. The number of aryl methyl sites for hydroxylation is 3. The van der Waals surface area contributed by atoms with Crippen LogP contribution in [0.3, 0.4) is 0 Å². The van der Waals surface area contributed by atoms with Gasteiger partial charge in [-0.05, 0) is 54.2 Å². The molecule has 4 aromatic rings. The van der Waals surface area contributed by atoms with Crippen LogP contribution in [0.25, 0.3) is 24.3 Å². The molecule has 0 aliphatic heterocycles. The predicted octanol–water partition coefficient (Wildman–Crippen LogP) is 8.08. The zero-order valence-electron chi connectivity index (χ0n) is 25.1. The van der Waals surface area contributed by atoms with Gasteiger partial charge in [0, 0.05) is 43.0 Å². The largest absolute Gasteiger partial charge is 0.372 e. The van der Waals surface area contributed by atoms with Gasteiger partial charge < -0.3 is 4.90 Å². The molecule has 3 heteroatoms. The zero-order valence-corrected chi connectivity index (χ0v) is 25.1. The quantitative estimate of drug-likeness (QED) is 0.177. The molecule has 4 rings (SSSR count). The molecular formula is C37H47N3+2. The van der Waals surface area contributed by atoms with Crippen molar-refractivity contribution in [2.75, 3.05) is 18.0 Å². The Kier molecular flexibility index (Phi) is 12.9. The van der Waals surface area contributed by atoms with Crippen molar-refractivity contribution in [3.8, 4) is 0 Å². The highest BCUT2D eigenvalue weighted by Gasteiger charge is 2.05. The van der Waals surface area contributed by atoms with Gasteiger partial charge in [0.05, 0.1) is 0 Å². The van der Waals surface area contributed by atoms with Crippen LogP contribution in [0.4, 0.5) is 5.69 Å². The third-order valence-electron chi connectivity index (χ3n) is 6.84. The van der Waals surface area contributed by atoms with Crippen molar-refractivity contribution >= 4 is 30.0 Å². The average molecular weight is 534 g/mol. The molecule has 0 atom stereocenters. The summed E-state index contributed by atoms with van der Waals surface area (Å²) in [4.78, 5) is 2.53. The Labute approximate surface area is 242 Å². The number of aromatic nitrogens is 2. The van der Waals surface area contributed by atoms with Crippen LogP contribution in [0.15, 0.2) is 97.6 Å². The number of hydrogen-bond donors (Lipinski definition) is 0. The summed E-state index contributed by atoms with van der Waals surface area (Å²) < 4.78 is 4.08. The molecular weight excluding hydrogens is 486 g/mol. The fourth-order valence-electron chi connectivity index (χ4n) is 4.17. The number of hydrogen-bond acceptors (Lipinski definition) is 1. The standard InChI is InChI=1S/C22H31N2.C15H16N/c1-4-6-16-24(17-7-5-2)22-12-10-20(11-13-22)8-9-21-14-18-23(3)19-15-21;1-13-3-5-14(6-4-13)7-8-15-9-11-16(2)12-10-15/h8-15,18-19H,4-7,16-17H2,1-3H3;3-12H,1-2H3/q2*+1. The SMILES string of the molecule is CCCCN(CCCC)c1ccc(C=Cc2cc[n+](C)cc2)cc1.Cc1ccc(C=Cc2cc[n+](C)cc2)cc1. The molecule has 208 valence electrons. The number of pyridine rings is 2. The number of nitrogens with zero attached hydrogens (tertiary/aromatic N) is 3. The lowest BCUT2D eigenvalue weighted by atomic mass is 10.1. The van der Waals surface area contributed by atoms with Gasteiger partial charge in [-0.2, -0.15) is 0 Å². The Morgan fingerprint density at radius 3 is 1.25 bits per heavy atom. The third kappa shape index (κ3) is 11.0. The van der Waals surface area contributed by atoms with E-state index in [9.17, 15) is 0 Å². The van der Waals surface area contributed by atoms with E-state index in [4.69, 9.17) is 0 Å². The smallest absolute Gasteiger partial charge is 0.169 e. The van der Waals surface area contributed by atoms with Gasteiger partial charge in [0.1, 0.15) is 14.1 Å². The summed E-state index contributed by atoms with van der Waals surface area (Å²) in [5, 5.41) is 0. The van der Waals surface area contributed by atoms with Crippen LogP contribution in [0.1, 0.15) is 67.3 Å². The zero-order chi connectivity index (χ0) is 28.6. The molecule has 0 unspecified atom stereocenters. The molecule has 0 bridgehead atoms. The first-order chi connectivity index (χ1) is 19.5. The van der Waals surface area contributed by atoms with Crippen molar-refractivity contribution < 1.29 is 9.13 Å². The molecule has 3 nitrogen and oxygen atoms in total. The highest BCUT2D eigenvalue weighted by atomic mass is 15.1. The number of unbranched alkanes of at least 4 members (excludes halogenated alkanes) is 2. The van der Waals surface area contributed by atoms with Crippen LogP contribution in [0.5, 0.6) is 0 Å². The van der Waals surface area contributed by atoms with E-state index in [1.807, 2.05) is 23.2 Å². The fourth-order valence-corrected chi connectivity index (χ4v) is 4.17. The molecule has 2 aromatic heterocycles. The second-order valence-corrected chi connectivity index (χ2v) is 10.5. The van der Waals surface area contributed by atoms with E-state index in [2.05, 4.69) is 148 Å². The normalized spacial score (nSPS) is 11.0. The van der Waals surface area contributed by atoms with E-state index in [0.717, 1.165) is 13.1 Å². The molecule has 0 spiro atoms. The van der Waals surface area contributed by atoms with Gasteiger partial charge in [-0.3, -0.25) is 0 Å². The Balaban J connectivity index is 0.000000238. The molecule has 0 saturated carbocycles. The van der Waals surface area contributed by atoms with Gasteiger partial charge in [-0.1, -0.05) is 93.0 Å². The summed E-state index contributed by atoms with van der Waals surface area (Å²) in [7, 11) is 4.06. The summed E-state index contributed by atoms with van der Waals surface area (Å²) in [6, 6.07) is 25.9. The minimum atomic E-state index is 1.16. The summed E-state index contributed by atoms with van der Waals surface area (Å²) >= 11 is 0. The summed E-state index contributed by atoms with van der Waals surface area (Å²) in [5.74, 6) is 0. The van der Waals surface area contributed by atoms with Crippen LogP contribution in [0, 0.1) is 6.92 Å². The van der Waals surface area contributed by atoms with Crippen LogP contribution in [-0.2, 0) is 14.1 Å². The maximum atomic E-state index is 2.53. The van der Waals surface area contributed by atoms with Crippen molar-refractivity contribution in [1.82, 2.24) is 0 Å². The van der Waals surface area contributed by atoms with Gasteiger partial charge in [0.25, 0.3) is 0 Å².